The zero-order valence-corrected chi connectivity index (χ0v) is 20.4. The predicted octanol–water partition coefficient (Wildman–Crippen LogP) is 5.53. The number of carbonyl (C=O) groups is 1. The predicted molar refractivity (Wildman–Crippen MR) is 133 cm³/mol. The number of fused-ring (bicyclic) bond motifs is 1. The summed E-state index contributed by atoms with van der Waals surface area (Å²) in [6.45, 7) is 2.60. The van der Waals surface area contributed by atoms with Crippen LogP contribution in [-0.4, -0.2) is 33.5 Å². The molecule has 0 saturated carbocycles. The van der Waals surface area contributed by atoms with E-state index in [1.54, 1.807) is 6.20 Å². The summed E-state index contributed by atoms with van der Waals surface area (Å²) in [4.78, 5) is 11.4. The van der Waals surface area contributed by atoms with Crippen LogP contribution in [0, 0.1) is 6.92 Å². The van der Waals surface area contributed by atoms with Gasteiger partial charge in [-0.15, -0.1) is 0 Å². The van der Waals surface area contributed by atoms with Gasteiger partial charge in [0.05, 0.1) is 18.4 Å². The molecule has 1 atom stereocenters. The van der Waals surface area contributed by atoms with Crippen molar-refractivity contribution in [2.75, 3.05) is 6.61 Å². The van der Waals surface area contributed by atoms with Gasteiger partial charge in [-0.05, 0) is 78.3 Å². The lowest BCUT2D eigenvalue weighted by Gasteiger charge is -2.24. The van der Waals surface area contributed by atoms with Crippen molar-refractivity contribution >= 4 is 16.9 Å². The molecule has 0 spiro atoms. The number of alkyl halides is 3. The number of benzene rings is 3. The number of rotatable bonds is 9. The highest BCUT2D eigenvalue weighted by Crippen LogP contribution is 2.34. The van der Waals surface area contributed by atoms with Crippen LogP contribution < -0.4 is 5.32 Å². The van der Waals surface area contributed by atoms with Crippen molar-refractivity contribution < 1.29 is 32.7 Å². The van der Waals surface area contributed by atoms with Crippen molar-refractivity contribution in [3.8, 4) is 11.1 Å². The van der Waals surface area contributed by atoms with E-state index in [1.807, 2.05) is 43.3 Å². The highest BCUT2D eigenvalue weighted by molar-refractivity contribution is 5.83. The molecule has 3 N–H and O–H groups in total. The number of hydrogen-bond donors (Lipinski definition) is 3. The van der Waals surface area contributed by atoms with Gasteiger partial charge in [-0.1, -0.05) is 41.6 Å². The highest BCUT2D eigenvalue weighted by atomic mass is 19.4. The number of aromatic nitrogens is 1. The number of aryl methyl sites for hydroxylation is 2. The monoisotopic (exact) mass is 512 g/mol. The van der Waals surface area contributed by atoms with E-state index >= 15 is 0 Å². The Bertz CT molecular complexity index is 1430. The van der Waals surface area contributed by atoms with Crippen LogP contribution in [0.3, 0.4) is 0 Å². The second-order valence-electron chi connectivity index (χ2n) is 9.31. The van der Waals surface area contributed by atoms with Gasteiger partial charge in [0.15, 0.2) is 5.58 Å². The van der Waals surface area contributed by atoms with E-state index in [-0.39, 0.29) is 18.5 Å². The third kappa shape index (κ3) is 5.68. The SMILES string of the molecule is Cc1c(CCc2cc(CNC(C)(CO)C(=O)O)ccc2C(F)(F)F)cccc1-c1ccc2cnoc2c1. The van der Waals surface area contributed by atoms with Crippen LogP contribution in [0.5, 0.6) is 0 Å². The van der Waals surface area contributed by atoms with Crippen LogP contribution >= 0.6 is 0 Å². The molecule has 0 aliphatic carbocycles. The molecule has 4 rings (SSSR count). The molecule has 3 aromatic carbocycles. The third-order valence-electron chi connectivity index (χ3n) is 6.72. The van der Waals surface area contributed by atoms with Gasteiger partial charge in [0.25, 0.3) is 0 Å². The molecule has 0 radical (unpaired) electrons. The summed E-state index contributed by atoms with van der Waals surface area (Å²) in [5.41, 5.74) is 2.73. The molecular weight excluding hydrogens is 485 g/mol. The van der Waals surface area contributed by atoms with Crippen LogP contribution in [0.25, 0.3) is 22.1 Å². The first kappa shape index (κ1) is 26.4. The molecule has 194 valence electrons. The van der Waals surface area contributed by atoms with Gasteiger partial charge < -0.3 is 14.7 Å². The average molecular weight is 513 g/mol. The van der Waals surface area contributed by atoms with E-state index in [4.69, 9.17) is 4.52 Å². The number of aliphatic hydroxyl groups excluding tert-OH is 1. The summed E-state index contributed by atoms with van der Waals surface area (Å²) in [5.74, 6) is -1.25. The fourth-order valence-corrected chi connectivity index (χ4v) is 4.30. The van der Waals surface area contributed by atoms with Crippen LogP contribution in [0.15, 0.2) is 65.3 Å². The van der Waals surface area contributed by atoms with Gasteiger partial charge in [0, 0.05) is 11.9 Å². The zero-order chi connectivity index (χ0) is 26.8. The molecule has 37 heavy (non-hydrogen) atoms. The van der Waals surface area contributed by atoms with Gasteiger partial charge in [0.2, 0.25) is 0 Å². The molecule has 1 heterocycles. The van der Waals surface area contributed by atoms with E-state index < -0.39 is 29.9 Å². The zero-order valence-electron chi connectivity index (χ0n) is 20.4. The summed E-state index contributed by atoms with van der Waals surface area (Å²) < 4.78 is 46.6. The maximum absolute atomic E-state index is 13.8. The van der Waals surface area contributed by atoms with E-state index in [1.165, 1.54) is 19.1 Å². The molecule has 0 saturated heterocycles. The van der Waals surface area contributed by atoms with Gasteiger partial charge in [-0.3, -0.25) is 10.1 Å². The van der Waals surface area contributed by atoms with Crippen LogP contribution in [0.2, 0.25) is 0 Å². The maximum Gasteiger partial charge on any atom is 0.416 e. The van der Waals surface area contributed by atoms with Crippen LogP contribution in [0.1, 0.15) is 34.7 Å². The molecule has 9 heteroatoms. The molecule has 0 amide bonds. The smallest absolute Gasteiger partial charge is 0.416 e. The van der Waals surface area contributed by atoms with E-state index in [9.17, 15) is 28.2 Å². The number of carboxylic acid groups (broad SMARTS) is 1. The molecule has 0 fully saturated rings. The quantitative estimate of drug-likeness (QED) is 0.273. The van der Waals surface area contributed by atoms with Crippen LogP contribution in [-0.2, 0) is 30.4 Å². The van der Waals surface area contributed by atoms with Crippen molar-refractivity contribution in [1.29, 1.82) is 0 Å². The number of nitrogens with one attached hydrogen (secondary N) is 1. The van der Waals surface area contributed by atoms with Gasteiger partial charge >= 0.3 is 12.1 Å². The Hall–Kier alpha value is -3.69. The lowest BCUT2D eigenvalue weighted by Crippen LogP contribution is -2.52. The number of halogens is 3. The Kier molecular flexibility index (Phi) is 7.38. The largest absolute Gasteiger partial charge is 0.480 e. The third-order valence-corrected chi connectivity index (χ3v) is 6.72. The molecule has 1 aromatic heterocycles. The molecule has 0 aliphatic rings. The molecule has 6 nitrogen and oxygen atoms in total. The minimum absolute atomic E-state index is 0.00682. The van der Waals surface area contributed by atoms with Crippen molar-refractivity contribution in [3.63, 3.8) is 0 Å². The first-order chi connectivity index (χ1) is 17.5. The number of aliphatic carboxylic acids is 1. The van der Waals surface area contributed by atoms with Crippen molar-refractivity contribution in [1.82, 2.24) is 10.5 Å². The standard InChI is InChI=1S/C28H27F3N2O4/c1-17-19(4-3-5-23(17)20-8-10-22-15-33-37-25(22)13-20)7-9-21-12-18(6-11-24(21)28(29,30)31)14-32-27(2,16-34)26(35)36/h3-6,8,10-13,15,32,34H,7,9,14,16H2,1-2H3,(H,35,36). The minimum atomic E-state index is -4.52. The molecule has 1 unspecified atom stereocenters. The first-order valence-electron chi connectivity index (χ1n) is 11.7. The molecule has 0 bridgehead atoms. The second kappa shape index (κ2) is 10.4. The van der Waals surface area contributed by atoms with E-state index in [0.29, 0.717) is 17.6 Å². The molecule has 4 aromatic rings. The summed E-state index contributed by atoms with van der Waals surface area (Å²) >= 11 is 0. The molecule has 0 aliphatic heterocycles. The minimum Gasteiger partial charge on any atom is -0.480 e. The van der Waals surface area contributed by atoms with Crippen molar-refractivity contribution in [2.45, 2.75) is 44.9 Å². The van der Waals surface area contributed by atoms with E-state index in [2.05, 4.69) is 10.5 Å². The van der Waals surface area contributed by atoms with E-state index in [0.717, 1.165) is 33.7 Å². The summed E-state index contributed by atoms with van der Waals surface area (Å²) in [6.07, 6.45) is -2.36. The van der Waals surface area contributed by atoms with Crippen molar-refractivity contribution in [2.24, 2.45) is 0 Å². The number of carboxylic acids is 1. The number of aliphatic hydroxyl groups is 1. The van der Waals surface area contributed by atoms with Crippen LogP contribution in [0.4, 0.5) is 13.2 Å². The Balaban J connectivity index is 1.59. The normalized spacial score (nSPS) is 13.6. The van der Waals surface area contributed by atoms with Gasteiger partial charge in [0.1, 0.15) is 5.54 Å². The summed E-state index contributed by atoms with van der Waals surface area (Å²) in [6, 6.07) is 15.3. The second-order valence-corrected chi connectivity index (χ2v) is 9.31. The summed E-state index contributed by atoms with van der Waals surface area (Å²) in [7, 11) is 0. The molecular formula is C28H27F3N2O4. The topological polar surface area (TPSA) is 95.6 Å². The number of nitrogens with zero attached hydrogens (tertiary/aromatic N) is 1. The lowest BCUT2D eigenvalue weighted by atomic mass is 9.91. The average Bonchev–Trinajstić information content (AvgIpc) is 3.34. The fourth-order valence-electron chi connectivity index (χ4n) is 4.30. The Morgan fingerprint density at radius 1 is 1.05 bits per heavy atom. The Labute approximate surface area is 211 Å². The van der Waals surface area contributed by atoms with Crippen molar-refractivity contribution in [3.05, 3.63) is 88.6 Å². The Morgan fingerprint density at radius 3 is 2.51 bits per heavy atom. The Morgan fingerprint density at radius 2 is 1.81 bits per heavy atom. The fraction of sp³-hybridized carbons (Fsp3) is 0.286. The highest BCUT2D eigenvalue weighted by Gasteiger charge is 2.34. The van der Waals surface area contributed by atoms with Gasteiger partial charge in [-0.2, -0.15) is 13.2 Å². The summed E-state index contributed by atoms with van der Waals surface area (Å²) in [5, 5.41) is 26.1. The number of hydrogen-bond acceptors (Lipinski definition) is 5. The first-order valence-corrected chi connectivity index (χ1v) is 11.7. The maximum atomic E-state index is 13.8. The lowest BCUT2D eigenvalue weighted by molar-refractivity contribution is -0.146. The van der Waals surface area contributed by atoms with Gasteiger partial charge in [-0.25, -0.2) is 0 Å².